The molecule has 31 heavy (non-hydrogen) atoms. The fourth-order valence-electron chi connectivity index (χ4n) is 3.41. The van der Waals surface area contributed by atoms with Gasteiger partial charge in [0, 0.05) is 23.3 Å². The number of pyridine rings is 2. The lowest BCUT2D eigenvalue weighted by Gasteiger charge is -2.09. The maximum absolute atomic E-state index is 13.1. The van der Waals surface area contributed by atoms with E-state index in [1.165, 1.54) is 0 Å². The van der Waals surface area contributed by atoms with Gasteiger partial charge < -0.3 is 4.98 Å². The fourth-order valence-corrected chi connectivity index (χ4v) is 3.41. The van der Waals surface area contributed by atoms with E-state index in [1.54, 1.807) is 25.4 Å². The molecule has 0 atom stereocenters. The summed E-state index contributed by atoms with van der Waals surface area (Å²) in [5, 5.41) is 5.03. The van der Waals surface area contributed by atoms with E-state index < -0.39 is 0 Å². The summed E-state index contributed by atoms with van der Waals surface area (Å²) in [6.07, 6.45) is 3.40. The first-order chi connectivity index (χ1) is 15.2. The summed E-state index contributed by atoms with van der Waals surface area (Å²) >= 11 is 0. The molecule has 3 heterocycles. The SMILES string of the molecule is C/C(=N\NC(=O)c1cc(-c2ccncc2)nc2ccccc12)c1nc2ccccc2[nH]1. The van der Waals surface area contributed by atoms with Crippen molar-refractivity contribution in [3.05, 3.63) is 90.5 Å². The Morgan fingerprint density at radius 2 is 1.68 bits per heavy atom. The number of benzene rings is 2. The first kappa shape index (κ1) is 18.6. The van der Waals surface area contributed by atoms with Gasteiger partial charge >= 0.3 is 0 Å². The predicted molar refractivity (Wildman–Crippen MR) is 121 cm³/mol. The van der Waals surface area contributed by atoms with Crippen LogP contribution in [0.2, 0.25) is 0 Å². The number of hydrogen-bond donors (Lipinski definition) is 2. The fraction of sp³-hybridized carbons (Fsp3) is 0.0417. The summed E-state index contributed by atoms with van der Waals surface area (Å²) in [7, 11) is 0. The number of nitrogens with one attached hydrogen (secondary N) is 2. The van der Waals surface area contributed by atoms with Gasteiger partial charge in [-0.05, 0) is 43.3 Å². The number of imidazole rings is 1. The molecule has 5 rings (SSSR count). The molecule has 0 radical (unpaired) electrons. The molecule has 0 fully saturated rings. The zero-order valence-corrected chi connectivity index (χ0v) is 16.7. The minimum atomic E-state index is -0.315. The molecule has 0 aliphatic rings. The Bertz CT molecular complexity index is 1410. The Hall–Kier alpha value is -4.39. The van der Waals surface area contributed by atoms with Gasteiger partial charge in [0.1, 0.15) is 5.71 Å². The average Bonchev–Trinajstić information content (AvgIpc) is 3.26. The third-order valence-corrected chi connectivity index (χ3v) is 4.99. The molecular weight excluding hydrogens is 388 g/mol. The van der Waals surface area contributed by atoms with E-state index in [2.05, 4.69) is 25.5 Å². The number of H-pyrrole nitrogens is 1. The Balaban J connectivity index is 1.49. The highest BCUT2D eigenvalue weighted by Gasteiger charge is 2.14. The molecule has 0 spiro atoms. The highest BCUT2D eigenvalue weighted by molar-refractivity contribution is 6.08. The number of nitrogens with zero attached hydrogens (tertiary/aromatic N) is 4. The summed E-state index contributed by atoms with van der Waals surface area (Å²) < 4.78 is 0. The maximum atomic E-state index is 13.1. The molecule has 2 aromatic carbocycles. The van der Waals surface area contributed by atoms with Crippen molar-refractivity contribution in [2.24, 2.45) is 5.10 Å². The van der Waals surface area contributed by atoms with E-state index in [4.69, 9.17) is 4.98 Å². The van der Waals surface area contributed by atoms with Crippen LogP contribution in [0.3, 0.4) is 0 Å². The second-order valence-electron chi connectivity index (χ2n) is 7.05. The van der Waals surface area contributed by atoms with Crippen molar-refractivity contribution < 1.29 is 4.79 Å². The standard InChI is InChI=1S/C24H18N6O/c1-15(23-27-20-8-4-5-9-21(20)28-23)29-30-24(31)18-14-22(16-10-12-25-13-11-16)26-19-7-3-2-6-17(18)19/h2-14H,1H3,(H,27,28)(H,30,31)/b29-15+. The molecule has 0 saturated heterocycles. The van der Waals surface area contributed by atoms with Crippen LogP contribution in [0.1, 0.15) is 23.1 Å². The number of aromatic amines is 1. The van der Waals surface area contributed by atoms with Gasteiger partial charge in [-0.25, -0.2) is 15.4 Å². The molecule has 0 bridgehead atoms. The van der Waals surface area contributed by atoms with Crippen molar-refractivity contribution in [1.82, 2.24) is 25.4 Å². The second-order valence-corrected chi connectivity index (χ2v) is 7.05. The summed E-state index contributed by atoms with van der Waals surface area (Å²) in [5.74, 6) is 0.294. The van der Waals surface area contributed by atoms with Crippen molar-refractivity contribution in [2.75, 3.05) is 0 Å². The molecule has 0 saturated carbocycles. The molecule has 1 amide bonds. The lowest BCUT2D eigenvalue weighted by molar-refractivity contribution is 0.0956. The van der Waals surface area contributed by atoms with Crippen LogP contribution in [0.5, 0.6) is 0 Å². The molecule has 2 N–H and O–H groups in total. The van der Waals surface area contributed by atoms with Crippen LogP contribution in [0, 0.1) is 0 Å². The van der Waals surface area contributed by atoms with Crippen molar-refractivity contribution in [2.45, 2.75) is 6.92 Å². The Labute approximate surface area is 177 Å². The first-order valence-corrected chi connectivity index (χ1v) is 9.79. The minimum absolute atomic E-state index is 0.315. The monoisotopic (exact) mass is 406 g/mol. The van der Waals surface area contributed by atoms with E-state index in [0.717, 1.165) is 27.5 Å². The lowest BCUT2D eigenvalue weighted by atomic mass is 10.0. The number of hydrogen-bond acceptors (Lipinski definition) is 5. The Morgan fingerprint density at radius 1 is 0.935 bits per heavy atom. The van der Waals surface area contributed by atoms with Crippen LogP contribution in [-0.2, 0) is 0 Å². The van der Waals surface area contributed by atoms with Crippen LogP contribution in [0.15, 0.2) is 84.2 Å². The van der Waals surface area contributed by atoms with Crippen molar-refractivity contribution in [3.8, 4) is 11.3 Å². The number of rotatable bonds is 4. The van der Waals surface area contributed by atoms with Gasteiger partial charge in [0.05, 0.1) is 27.8 Å². The molecule has 3 aromatic heterocycles. The average molecular weight is 406 g/mol. The quantitative estimate of drug-likeness (QED) is 0.343. The van der Waals surface area contributed by atoms with E-state index >= 15 is 0 Å². The maximum Gasteiger partial charge on any atom is 0.272 e. The van der Waals surface area contributed by atoms with Crippen LogP contribution < -0.4 is 5.43 Å². The van der Waals surface area contributed by atoms with Crippen molar-refractivity contribution in [3.63, 3.8) is 0 Å². The summed E-state index contributed by atoms with van der Waals surface area (Å²) in [5.41, 5.74) is 7.83. The summed E-state index contributed by atoms with van der Waals surface area (Å²) in [6.45, 7) is 1.80. The second kappa shape index (κ2) is 7.79. The van der Waals surface area contributed by atoms with Gasteiger partial charge in [-0.1, -0.05) is 30.3 Å². The Morgan fingerprint density at radius 3 is 2.48 bits per heavy atom. The first-order valence-electron chi connectivity index (χ1n) is 9.79. The Kier molecular flexibility index (Phi) is 4.68. The van der Waals surface area contributed by atoms with Gasteiger partial charge in [0.2, 0.25) is 0 Å². The molecule has 5 aromatic rings. The number of carbonyl (C=O) groups excluding carboxylic acids is 1. The van der Waals surface area contributed by atoms with Crippen molar-refractivity contribution >= 4 is 33.6 Å². The smallest absolute Gasteiger partial charge is 0.272 e. The van der Waals surface area contributed by atoms with Crippen LogP contribution in [0.4, 0.5) is 0 Å². The van der Waals surface area contributed by atoms with Gasteiger partial charge in [0.15, 0.2) is 5.82 Å². The number of fused-ring (bicyclic) bond motifs is 2. The third-order valence-electron chi connectivity index (χ3n) is 4.99. The highest BCUT2D eigenvalue weighted by atomic mass is 16.2. The van der Waals surface area contributed by atoms with E-state index in [1.807, 2.05) is 60.7 Å². The largest absolute Gasteiger partial charge is 0.337 e. The summed E-state index contributed by atoms with van der Waals surface area (Å²) in [4.78, 5) is 29.5. The third kappa shape index (κ3) is 3.64. The highest BCUT2D eigenvalue weighted by Crippen LogP contribution is 2.24. The number of amides is 1. The van der Waals surface area contributed by atoms with Gasteiger partial charge in [-0.15, -0.1) is 0 Å². The van der Waals surface area contributed by atoms with Gasteiger partial charge in [-0.2, -0.15) is 5.10 Å². The lowest BCUT2D eigenvalue weighted by Crippen LogP contribution is -2.20. The van der Waals surface area contributed by atoms with E-state index in [0.29, 0.717) is 22.8 Å². The topological polar surface area (TPSA) is 95.9 Å². The molecule has 0 aliphatic heterocycles. The van der Waals surface area contributed by atoms with Crippen LogP contribution in [0.25, 0.3) is 33.2 Å². The molecule has 7 nitrogen and oxygen atoms in total. The molecule has 7 heteroatoms. The van der Waals surface area contributed by atoms with Gasteiger partial charge in [0.25, 0.3) is 5.91 Å². The molecule has 0 aliphatic carbocycles. The predicted octanol–water partition coefficient (Wildman–Crippen LogP) is 4.33. The summed E-state index contributed by atoms with van der Waals surface area (Å²) in [6, 6.07) is 20.8. The minimum Gasteiger partial charge on any atom is -0.337 e. The van der Waals surface area contributed by atoms with Crippen molar-refractivity contribution in [1.29, 1.82) is 0 Å². The number of para-hydroxylation sites is 3. The number of aromatic nitrogens is 4. The number of hydrazone groups is 1. The van der Waals surface area contributed by atoms with Crippen LogP contribution in [-0.4, -0.2) is 31.6 Å². The van der Waals surface area contributed by atoms with Crippen LogP contribution >= 0.6 is 0 Å². The normalized spacial score (nSPS) is 11.7. The molecule has 0 unspecified atom stereocenters. The number of carbonyl (C=O) groups is 1. The molecular formula is C24H18N6O. The van der Waals surface area contributed by atoms with E-state index in [-0.39, 0.29) is 5.91 Å². The van der Waals surface area contributed by atoms with E-state index in [9.17, 15) is 4.79 Å². The zero-order valence-electron chi connectivity index (χ0n) is 16.7. The molecule has 150 valence electrons. The van der Waals surface area contributed by atoms with Gasteiger partial charge in [-0.3, -0.25) is 9.78 Å². The zero-order chi connectivity index (χ0) is 21.2.